The highest BCUT2D eigenvalue weighted by atomic mass is 19.3. The van der Waals surface area contributed by atoms with Crippen LogP contribution in [0.15, 0.2) is 18.2 Å². The number of anilines is 1. The molecule has 0 heterocycles. The Morgan fingerprint density at radius 1 is 1.25 bits per heavy atom. The average Bonchev–Trinajstić information content (AvgIpc) is 2.08. The van der Waals surface area contributed by atoms with Gasteiger partial charge in [-0.1, -0.05) is 10.5 Å². The van der Waals surface area contributed by atoms with Crippen molar-refractivity contribution in [3.05, 3.63) is 29.8 Å². The van der Waals surface area contributed by atoms with Crippen LogP contribution in [0.25, 0.3) is 0 Å². The average molecular weight is 181 g/mol. The normalized spacial score (nSPS) is 10.0. The highest BCUT2D eigenvalue weighted by molar-refractivity contribution is 5.43. The fourth-order valence-electron chi connectivity index (χ4n) is 0.665. The first-order valence-electron chi connectivity index (χ1n) is 2.85. The van der Waals surface area contributed by atoms with Gasteiger partial charge in [-0.2, -0.15) is 0 Å². The molecule has 2 nitrogen and oxygen atoms in total. The van der Waals surface area contributed by atoms with E-state index in [0.29, 0.717) is 0 Å². The van der Waals surface area contributed by atoms with Crippen LogP contribution in [-0.2, 0) is 5.04 Å². The van der Waals surface area contributed by atoms with Crippen molar-refractivity contribution in [2.75, 3.05) is 5.29 Å². The van der Waals surface area contributed by atoms with E-state index in [9.17, 15) is 17.8 Å². The van der Waals surface area contributed by atoms with E-state index < -0.39 is 22.6 Å². The minimum Gasteiger partial charge on any atom is -0.204 e. The van der Waals surface area contributed by atoms with Gasteiger partial charge in [0.1, 0.15) is 5.69 Å². The summed E-state index contributed by atoms with van der Waals surface area (Å²) in [5.74, 6) is -2.80. The lowest BCUT2D eigenvalue weighted by atomic mass is 10.3. The van der Waals surface area contributed by atoms with E-state index in [-0.39, 0.29) is 0 Å². The van der Waals surface area contributed by atoms with Crippen LogP contribution < -0.4 is 5.29 Å². The Morgan fingerprint density at radius 2 is 1.92 bits per heavy atom. The molecule has 0 unspecified atom stereocenters. The van der Waals surface area contributed by atoms with Crippen LogP contribution in [0.3, 0.4) is 0 Å². The maximum atomic E-state index is 12.5. The van der Waals surface area contributed by atoms with Gasteiger partial charge < -0.3 is 0 Å². The van der Waals surface area contributed by atoms with Gasteiger partial charge in [0, 0.05) is 0 Å². The highest BCUT2D eigenvalue weighted by Crippen LogP contribution is 2.21. The minimum atomic E-state index is -1.52. The summed E-state index contributed by atoms with van der Waals surface area (Å²) in [7, 11) is 0. The molecular weight excluding hydrogens is 178 g/mol. The molecule has 0 aliphatic carbocycles. The molecule has 0 amide bonds. The largest absolute Gasteiger partial charge is 0.204 e. The van der Waals surface area contributed by atoms with Gasteiger partial charge in [0.15, 0.2) is 11.6 Å². The summed E-state index contributed by atoms with van der Waals surface area (Å²) in [6.07, 6.45) is 0. The minimum absolute atomic E-state index is 0.769. The Hall–Kier alpha value is -1.30. The predicted octanol–water partition coefficient (Wildman–Crippen LogP) is 2.47. The lowest BCUT2D eigenvalue weighted by molar-refractivity contribution is -0.190. The lowest BCUT2D eigenvalue weighted by Gasteiger charge is -2.06. The van der Waals surface area contributed by atoms with Gasteiger partial charge >= 0.3 is 0 Å². The Kier molecular flexibility index (Phi) is 2.49. The molecule has 0 atom stereocenters. The van der Waals surface area contributed by atoms with Crippen molar-refractivity contribution < 1.29 is 22.8 Å². The van der Waals surface area contributed by atoms with Crippen molar-refractivity contribution in [3.8, 4) is 0 Å². The summed E-state index contributed by atoms with van der Waals surface area (Å²) in [4.78, 5) is 0. The van der Waals surface area contributed by atoms with Crippen LogP contribution >= 0.6 is 0 Å². The number of hydrogen-bond donors (Lipinski definition) is 0. The molecule has 0 aliphatic rings. The first kappa shape index (κ1) is 8.79. The molecule has 1 aromatic rings. The Morgan fingerprint density at radius 3 is 2.50 bits per heavy atom. The van der Waals surface area contributed by atoms with Gasteiger partial charge in [0.25, 0.3) is 0 Å². The summed E-state index contributed by atoms with van der Waals surface area (Å²) < 4.78 is 48.1. The topological polar surface area (TPSA) is 12.5 Å². The standard InChI is InChI=1S/C6H3F4NO/c7-4-2-1-3-5(6(4)8)11(9)12-10/h1-3H. The fourth-order valence-corrected chi connectivity index (χ4v) is 0.665. The third kappa shape index (κ3) is 1.48. The summed E-state index contributed by atoms with van der Waals surface area (Å²) >= 11 is 0. The third-order valence-corrected chi connectivity index (χ3v) is 1.18. The van der Waals surface area contributed by atoms with Crippen molar-refractivity contribution in [1.82, 2.24) is 0 Å². The molecule has 1 rings (SSSR count). The van der Waals surface area contributed by atoms with Crippen molar-refractivity contribution >= 4 is 5.69 Å². The molecule has 0 fully saturated rings. The summed E-state index contributed by atoms with van der Waals surface area (Å²) in [6.45, 7) is 0. The number of rotatable bonds is 2. The van der Waals surface area contributed by atoms with Crippen molar-refractivity contribution in [2.24, 2.45) is 0 Å². The molecule has 0 bridgehead atoms. The number of benzene rings is 1. The molecule has 12 heavy (non-hydrogen) atoms. The molecule has 0 saturated carbocycles. The van der Waals surface area contributed by atoms with Crippen LogP contribution in [0.4, 0.5) is 23.5 Å². The van der Waals surface area contributed by atoms with E-state index in [1.807, 2.05) is 0 Å². The van der Waals surface area contributed by atoms with Crippen molar-refractivity contribution in [1.29, 1.82) is 0 Å². The third-order valence-electron chi connectivity index (χ3n) is 1.18. The van der Waals surface area contributed by atoms with Gasteiger partial charge in [-0.05, 0) is 27.0 Å². The van der Waals surface area contributed by atoms with Gasteiger partial charge in [0.2, 0.25) is 0 Å². The van der Waals surface area contributed by atoms with Crippen LogP contribution in [0.2, 0.25) is 0 Å². The number of halogens is 4. The first-order chi connectivity index (χ1) is 5.66. The molecule has 0 radical (unpaired) electrons. The lowest BCUT2D eigenvalue weighted by Crippen LogP contribution is -2.09. The molecule has 0 N–H and O–H groups in total. The smallest absolute Gasteiger partial charge is 0.187 e. The molecular formula is C6H3F4NO. The quantitative estimate of drug-likeness (QED) is 0.394. The second-order valence-electron chi connectivity index (χ2n) is 1.89. The second-order valence-corrected chi connectivity index (χ2v) is 1.89. The van der Waals surface area contributed by atoms with E-state index in [0.717, 1.165) is 18.2 Å². The van der Waals surface area contributed by atoms with Gasteiger partial charge in [-0.15, -0.1) is 0 Å². The SMILES string of the molecule is FON(F)c1cccc(F)c1F. The summed E-state index contributed by atoms with van der Waals surface area (Å²) in [6, 6.07) is 2.60. The monoisotopic (exact) mass is 181 g/mol. The van der Waals surface area contributed by atoms with Crippen molar-refractivity contribution in [2.45, 2.75) is 0 Å². The number of nitrogens with zero attached hydrogens (tertiary/aromatic N) is 1. The molecule has 1 aromatic carbocycles. The fraction of sp³-hybridized carbons (Fsp3) is 0. The second kappa shape index (κ2) is 3.40. The number of hydrogen-bond acceptors (Lipinski definition) is 2. The van der Waals surface area contributed by atoms with E-state index >= 15 is 0 Å². The summed E-state index contributed by atoms with van der Waals surface area (Å²) in [5, 5.41) is 1.52. The molecule has 0 aliphatic heterocycles. The van der Waals surface area contributed by atoms with Gasteiger partial charge in [-0.25, -0.2) is 8.78 Å². The maximum absolute atomic E-state index is 12.5. The summed E-state index contributed by atoms with van der Waals surface area (Å²) in [5.41, 5.74) is -0.961. The van der Waals surface area contributed by atoms with E-state index in [1.165, 1.54) is 0 Å². The van der Waals surface area contributed by atoms with Crippen LogP contribution in [0.5, 0.6) is 0 Å². The van der Waals surface area contributed by atoms with E-state index in [4.69, 9.17) is 0 Å². The zero-order chi connectivity index (χ0) is 9.14. The Bertz CT molecular complexity index is 280. The first-order valence-corrected chi connectivity index (χ1v) is 2.85. The zero-order valence-corrected chi connectivity index (χ0v) is 5.60. The highest BCUT2D eigenvalue weighted by Gasteiger charge is 2.15. The molecule has 6 heteroatoms. The van der Waals surface area contributed by atoms with E-state index in [2.05, 4.69) is 5.04 Å². The van der Waals surface area contributed by atoms with Gasteiger partial charge in [0.05, 0.1) is 0 Å². The molecule has 0 spiro atoms. The van der Waals surface area contributed by atoms with Crippen LogP contribution in [0, 0.1) is 11.6 Å². The molecule has 66 valence electrons. The van der Waals surface area contributed by atoms with Crippen molar-refractivity contribution in [3.63, 3.8) is 0 Å². The Balaban J connectivity index is 3.07. The van der Waals surface area contributed by atoms with Gasteiger partial charge in [-0.3, -0.25) is 0 Å². The van der Waals surface area contributed by atoms with Crippen LogP contribution in [0.1, 0.15) is 0 Å². The van der Waals surface area contributed by atoms with Crippen LogP contribution in [-0.4, -0.2) is 0 Å². The zero-order valence-electron chi connectivity index (χ0n) is 5.60. The molecule has 0 aromatic heterocycles. The Labute approximate surface area is 64.8 Å². The maximum Gasteiger partial charge on any atom is 0.187 e. The van der Waals surface area contributed by atoms with E-state index in [1.54, 1.807) is 0 Å². The molecule has 0 saturated heterocycles. The predicted molar refractivity (Wildman–Crippen MR) is 32.1 cm³/mol.